The summed E-state index contributed by atoms with van der Waals surface area (Å²) in [5.74, 6) is -0.578. The number of alkyl halides is 1. The maximum absolute atomic E-state index is 13.7. The highest BCUT2D eigenvalue weighted by molar-refractivity contribution is 5.96. The maximum Gasteiger partial charge on any atom is 0.233 e. The number of amides is 2. The summed E-state index contributed by atoms with van der Waals surface area (Å²) < 4.78 is 13.7. The number of carbonyl (C=O) groups excluding carboxylic acids is 2. The number of halogens is 1. The molecule has 4 aliphatic rings. The summed E-state index contributed by atoms with van der Waals surface area (Å²) in [6.07, 6.45) is 4.72. The number of nitrogens with zero attached hydrogens (tertiary/aromatic N) is 4. The van der Waals surface area contributed by atoms with Crippen molar-refractivity contribution < 1.29 is 14.0 Å². The minimum atomic E-state index is -1.01. The molecule has 11 heteroatoms. The van der Waals surface area contributed by atoms with E-state index >= 15 is 0 Å². The van der Waals surface area contributed by atoms with Gasteiger partial charge in [-0.2, -0.15) is 0 Å². The smallest absolute Gasteiger partial charge is 0.233 e. The van der Waals surface area contributed by atoms with Crippen LogP contribution in [0.5, 0.6) is 0 Å². The van der Waals surface area contributed by atoms with E-state index in [9.17, 15) is 14.0 Å². The average molecular weight is 447 g/mol. The van der Waals surface area contributed by atoms with E-state index < -0.39 is 18.3 Å². The molecular weight excluding hydrogens is 415 g/mol. The summed E-state index contributed by atoms with van der Waals surface area (Å²) in [4.78, 5) is 33.6. The Morgan fingerprint density at radius 3 is 2.84 bits per heavy atom. The molecule has 4 saturated heterocycles. The Kier molecular flexibility index (Phi) is 5.52. The fourth-order valence-electron chi connectivity index (χ4n) is 5.64. The van der Waals surface area contributed by atoms with Crippen LogP contribution in [0.2, 0.25) is 0 Å². The normalized spacial score (nSPS) is 32.4. The van der Waals surface area contributed by atoms with E-state index in [1.807, 2.05) is 18.0 Å². The number of nitrogens with one attached hydrogen (secondary N) is 3. The zero-order valence-electron chi connectivity index (χ0n) is 18.3. The van der Waals surface area contributed by atoms with E-state index in [0.717, 1.165) is 38.0 Å². The van der Waals surface area contributed by atoms with Crippen molar-refractivity contribution in [2.75, 3.05) is 43.4 Å². The number of hydrogen-bond acceptors (Lipinski definition) is 8. The highest BCUT2D eigenvalue weighted by Gasteiger charge is 2.47. The highest BCUT2D eigenvalue weighted by atomic mass is 19.1. The van der Waals surface area contributed by atoms with Crippen LogP contribution in [0.25, 0.3) is 0 Å². The van der Waals surface area contributed by atoms with Gasteiger partial charge in [0.2, 0.25) is 11.8 Å². The molecule has 4 aliphatic heterocycles. The predicted octanol–water partition coefficient (Wildman–Crippen LogP) is -0.400. The Morgan fingerprint density at radius 1 is 1.34 bits per heavy atom. The predicted molar refractivity (Wildman–Crippen MR) is 117 cm³/mol. The number of likely N-dealkylation sites (tertiary alicyclic amines) is 1. The van der Waals surface area contributed by atoms with Crippen LogP contribution in [-0.4, -0.2) is 84.0 Å². The second-order valence-electron chi connectivity index (χ2n) is 9.33. The molecule has 1 spiro atoms. The Labute approximate surface area is 186 Å². The first-order valence-electron chi connectivity index (χ1n) is 11.3. The third-order valence-electron chi connectivity index (χ3n) is 7.60. The van der Waals surface area contributed by atoms with Crippen LogP contribution in [0.15, 0.2) is 18.5 Å². The van der Waals surface area contributed by atoms with Crippen molar-refractivity contribution in [3.05, 3.63) is 18.5 Å². The highest BCUT2D eigenvalue weighted by Crippen LogP contribution is 2.40. The van der Waals surface area contributed by atoms with Gasteiger partial charge in [0.15, 0.2) is 0 Å². The van der Waals surface area contributed by atoms with Gasteiger partial charge < -0.3 is 20.9 Å². The number of aromatic nitrogens is 1. The molecule has 0 saturated carbocycles. The van der Waals surface area contributed by atoms with Crippen molar-refractivity contribution in [1.29, 1.82) is 0 Å². The quantitative estimate of drug-likeness (QED) is 0.495. The molecule has 5 N–H and O–H groups in total. The molecule has 0 aromatic carbocycles. The zero-order valence-corrected chi connectivity index (χ0v) is 18.3. The molecule has 4 atom stereocenters. The van der Waals surface area contributed by atoms with Crippen molar-refractivity contribution in [2.45, 2.75) is 49.7 Å². The van der Waals surface area contributed by atoms with Crippen LogP contribution in [0.1, 0.15) is 25.7 Å². The summed E-state index contributed by atoms with van der Waals surface area (Å²) in [6, 6.07) is 1.91. The number of pyridine rings is 1. The lowest BCUT2D eigenvalue weighted by atomic mass is 9.85. The Hall–Kier alpha value is -2.34. The minimum absolute atomic E-state index is 0.0449. The topological polar surface area (TPSA) is 119 Å². The van der Waals surface area contributed by atoms with Gasteiger partial charge in [-0.3, -0.25) is 19.9 Å². The minimum Gasteiger partial charge on any atom is -0.370 e. The van der Waals surface area contributed by atoms with E-state index in [1.165, 1.54) is 0 Å². The lowest BCUT2D eigenvalue weighted by molar-refractivity contribution is -0.130. The van der Waals surface area contributed by atoms with Crippen LogP contribution < -0.4 is 26.7 Å². The summed E-state index contributed by atoms with van der Waals surface area (Å²) in [7, 11) is 1.91. The number of piperidine rings is 1. The first kappa shape index (κ1) is 21.5. The van der Waals surface area contributed by atoms with Crippen molar-refractivity contribution in [2.24, 2.45) is 11.7 Å². The third-order valence-corrected chi connectivity index (χ3v) is 7.60. The molecular formula is C21H31FN8O2. The third kappa shape index (κ3) is 3.62. The van der Waals surface area contributed by atoms with Crippen LogP contribution in [0.4, 0.5) is 15.8 Å². The summed E-state index contributed by atoms with van der Waals surface area (Å²) in [5.41, 5.74) is 10.7. The Bertz CT molecular complexity index is 892. The molecule has 4 unspecified atom stereocenters. The van der Waals surface area contributed by atoms with Crippen molar-refractivity contribution in [3.8, 4) is 0 Å². The molecule has 5 heterocycles. The molecule has 0 aliphatic carbocycles. The van der Waals surface area contributed by atoms with E-state index in [4.69, 9.17) is 5.73 Å². The fraction of sp³-hybridized carbons (Fsp3) is 0.667. The number of hydrazine groups is 1. The van der Waals surface area contributed by atoms with Crippen molar-refractivity contribution in [3.63, 3.8) is 0 Å². The monoisotopic (exact) mass is 446 g/mol. The molecule has 32 heavy (non-hydrogen) atoms. The molecule has 1 aromatic heterocycles. The number of rotatable bonds is 3. The van der Waals surface area contributed by atoms with Crippen LogP contribution in [-0.2, 0) is 9.59 Å². The van der Waals surface area contributed by atoms with Gasteiger partial charge >= 0.3 is 0 Å². The van der Waals surface area contributed by atoms with Gasteiger partial charge in [0.05, 0.1) is 35.8 Å². The maximum atomic E-state index is 13.7. The van der Waals surface area contributed by atoms with Crippen molar-refractivity contribution in [1.82, 2.24) is 25.6 Å². The van der Waals surface area contributed by atoms with Gasteiger partial charge in [0.25, 0.3) is 0 Å². The first-order chi connectivity index (χ1) is 15.4. The van der Waals surface area contributed by atoms with Crippen molar-refractivity contribution >= 4 is 23.2 Å². The average Bonchev–Trinajstić information content (AvgIpc) is 3.25. The van der Waals surface area contributed by atoms with Crippen LogP contribution >= 0.6 is 0 Å². The summed E-state index contributed by atoms with van der Waals surface area (Å²) >= 11 is 0. The molecule has 2 amide bonds. The van der Waals surface area contributed by atoms with Gasteiger partial charge in [0.1, 0.15) is 6.17 Å². The number of nitrogens with two attached hydrogens (primary N) is 1. The zero-order chi connectivity index (χ0) is 22.5. The van der Waals surface area contributed by atoms with Crippen LogP contribution in [0.3, 0.4) is 0 Å². The Balaban J connectivity index is 1.28. The first-order valence-corrected chi connectivity index (χ1v) is 11.3. The van der Waals surface area contributed by atoms with Gasteiger partial charge in [-0.05, 0) is 25.3 Å². The molecule has 10 nitrogen and oxygen atoms in total. The molecule has 174 valence electrons. The lowest BCUT2D eigenvalue weighted by Crippen LogP contribution is -2.58. The SMILES string of the molecule is CN1C(=O)CCC12CCN(c1ccncc1NC(=O)C1C(N)NN3CC(F)CNC13)CC2. The largest absolute Gasteiger partial charge is 0.370 e. The fourth-order valence-corrected chi connectivity index (χ4v) is 5.64. The van der Waals surface area contributed by atoms with E-state index in [2.05, 4.69) is 25.9 Å². The Morgan fingerprint density at radius 2 is 2.12 bits per heavy atom. The number of hydrogen-bond donors (Lipinski definition) is 4. The van der Waals surface area contributed by atoms with Gasteiger partial charge in [-0.15, -0.1) is 0 Å². The van der Waals surface area contributed by atoms with E-state index in [1.54, 1.807) is 17.4 Å². The summed E-state index contributed by atoms with van der Waals surface area (Å²) in [6.45, 7) is 1.99. The molecule has 0 radical (unpaired) electrons. The standard InChI is InChI=1S/C21H31FN8O2/c1-28-16(31)2-4-21(28)5-8-29(9-6-21)15-3-7-24-11-14(15)26-20(32)17-18(23)27-30-12-13(22)10-25-19(17)30/h3,7,11,13,17-19,25,27H,2,4-6,8-10,12,23H2,1H3,(H,26,32). The van der Waals surface area contributed by atoms with Gasteiger partial charge in [0, 0.05) is 51.4 Å². The summed E-state index contributed by atoms with van der Waals surface area (Å²) in [5, 5.41) is 7.77. The second kappa shape index (κ2) is 8.22. The second-order valence-corrected chi connectivity index (χ2v) is 9.33. The molecule has 0 bridgehead atoms. The number of anilines is 2. The van der Waals surface area contributed by atoms with E-state index in [0.29, 0.717) is 12.1 Å². The molecule has 5 rings (SSSR count). The number of carbonyl (C=O) groups is 2. The number of fused-ring (bicyclic) bond motifs is 1. The van der Waals surface area contributed by atoms with Gasteiger partial charge in [-0.1, -0.05) is 0 Å². The van der Waals surface area contributed by atoms with E-state index in [-0.39, 0.29) is 36.6 Å². The van der Waals surface area contributed by atoms with Crippen LogP contribution in [0, 0.1) is 5.92 Å². The lowest BCUT2D eigenvalue weighted by Gasteiger charge is -2.44. The van der Waals surface area contributed by atoms with Gasteiger partial charge in [-0.25, -0.2) is 14.8 Å². The molecule has 1 aromatic rings. The molecule has 4 fully saturated rings.